The molecule has 138 valence electrons. The van der Waals surface area contributed by atoms with Gasteiger partial charge in [0.1, 0.15) is 0 Å². The molecule has 0 bridgehead atoms. The normalized spacial score (nSPS) is 13.6. The average molecular weight is 327 g/mol. The predicted molar refractivity (Wildman–Crippen MR) is 102 cm³/mol. The number of hydrogen-bond donors (Lipinski definition) is 0. The van der Waals surface area contributed by atoms with E-state index in [1.54, 1.807) is 6.26 Å². The van der Waals surface area contributed by atoms with Gasteiger partial charge in [0.05, 0.1) is 18.5 Å². The molecule has 0 saturated carbocycles. The first-order valence-corrected chi connectivity index (χ1v) is 9.95. The first kappa shape index (κ1) is 22.5. The molecule has 0 aromatic rings. The van der Waals surface area contributed by atoms with Crippen LogP contribution in [0.5, 0.6) is 0 Å². The molecular weight excluding hydrogens is 284 g/mol. The molecule has 1 unspecified atom stereocenters. The second-order valence-corrected chi connectivity index (χ2v) is 7.19. The average Bonchev–Trinajstić information content (AvgIpc) is 2.53. The summed E-state index contributed by atoms with van der Waals surface area (Å²) in [5.74, 6) is 0.634. The van der Waals surface area contributed by atoms with E-state index >= 15 is 0 Å². The van der Waals surface area contributed by atoms with Crippen molar-refractivity contribution < 1.29 is 9.47 Å². The summed E-state index contributed by atoms with van der Waals surface area (Å²) >= 11 is 0. The number of unbranched alkanes of at least 4 members (excludes halogenated alkanes) is 5. The molecule has 1 atom stereocenters. The molecule has 0 radical (unpaired) electrons. The van der Waals surface area contributed by atoms with Gasteiger partial charge in [0, 0.05) is 6.61 Å². The molecule has 0 N–H and O–H groups in total. The van der Waals surface area contributed by atoms with Gasteiger partial charge in [-0.15, -0.1) is 0 Å². The molecule has 0 saturated heterocycles. The highest BCUT2D eigenvalue weighted by atomic mass is 16.5. The van der Waals surface area contributed by atoms with Crippen molar-refractivity contribution in [1.29, 1.82) is 0 Å². The second-order valence-electron chi connectivity index (χ2n) is 7.19. The number of rotatable bonds is 16. The monoisotopic (exact) mass is 326 g/mol. The summed E-state index contributed by atoms with van der Waals surface area (Å²) in [5, 5.41) is 0. The highest BCUT2D eigenvalue weighted by molar-refractivity contribution is 4.80. The van der Waals surface area contributed by atoms with Gasteiger partial charge in [-0.3, -0.25) is 0 Å². The van der Waals surface area contributed by atoms with E-state index in [4.69, 9.17) is 9.47 Å². The minimum absolute atomic E-state index is 0.0139. The van der Waals surface area contributed by atoms with Crippen LogP contribution in [0.3, 0.4) is 0 Å². The van der Waals surface area contributed by atoms with Gasteiger partial charge >= 0.3 is 0 Å². The van der Waals surface area contributed by atoms with Crippen molar-refractivity contribution in [1.82, 2.24) is 0 Å². The minimum atomic E-state index is -0.0139. The molecule has 0 aromatic heterocycles. The molecule has 2 heteroatoms. The maximum absolute atomic E-state index is 6.16. The molecule has 0 rings (SSSR count). The molecule has 0 heterocycles. The Hall–Kier alpha value is -0.500. The van der Waals surface area contributed by atoms with Crippen LogP contribution in [0.15, 0.2) is 12.3 Å². The number of allylic oxidation sites excluding steroid dienone is 1. The highest BCUT2D eigenvalue weighted by Crippen LogP contribution is 2.31. The van der Waals surface area contributed by atoms with Crippen LogP contribution in [0.25, 0.3) is 0 Å². The van der Waals surface area contributed by atoms with Crippen LogP contribution < -0.4 is 0 Å². The van der Waals surface area contributed by atoms with Crippen LogP contribution >= 0.6 is 0 Å². The SMILES string of the molecule is CC=COCCCC(CCCCCCCC)C(C)(C)OCCC. The third-order valence-corrected chi connectivity index (χ3v) is 4.61. The van der Waals surface area contributed by atoms with Gasteiger partial charge in [0.2, 0.25) is 0 Å². The summed E-state index contributed by atoms with van der Waals surface area (Å²) in [6.45, 7) is 12.7. The molecule has 23 heavy (non-hydrogen) atoms. The summed E-state index contributed by atoms with van der Waals surface area (Å²) in [4.78, 5) is 0. The fourth-order valence-electron chi connectivity index (χ4n) is 3.07. The van der Waals surface area contributed by atoms with E-state index in [2.05, 4.69) is 27.7 Å². The molecule has 0 fully saturated rings. The summed E-state index contributed by atoms with van der Waals surface area (Å²) in [5.41, 5.74) is -0.0139. The zero-order valence-corrected chi connectivity index (χ0v) is 16.5. The van der Waals surface area contributed by atoms with Crippen LogP contribution in [-0.4, -0.2) is 18.8 Å². The topological polar surface area (TPSA) is 18.5 Å². The molecule has 2 nitrogen and oxygen atoms in total. The van der Waals surface area contributed by atoms with Crippen molar-refractivity contribution in [3.05, 3.63) is 12.3 Å². The van der Waals surface area contributed by atoms with Crippen LogP contribution in [0, 0.1) is 5.92 Å². The summed E-state index contributed by atoms with van der Waals surface area (Å²) < 4.78 is 11.6. The van der Waals surface area contributed by atoms with E-state index < -0.39 is 0 Å². The maximum Gasteiger partial charge on any atom is 0.0873 e. The molecule has 0 aliphatic rings. The van der Waals surface area contributed by atoms with Gasteiger partial charge in [-0.05, 0) is 52.4 Å². The van der Waals surface area contributed by atoms with Crippen LogP contribution in [-0.2, 0) is 9.47 Å². The maximum atomic E-state index is 6.16. The van der Waals surface area contributed by atoms with Crippen molar-refractivity contribution in [2.75, 3.05) is 13.2 Å². The third-order valence-electron chi connectivity index (χ3n) is 4.61. The van der Waals surface area contributed by atoms with Crippen molar-refractivity contribution in [3.63, 3.8) is 0 Å². The highest BCUT2D eigenvalue weighted by Gasteiger charge is 2.29. The van der Waals surface area contributed by atoms with Gasteiger partial charge in [0.15, 0.2) is 0 Å². The van der Waals surface area contributed by atoms with Crippen molar-refractivity contribution in [2.24, 2.45) is 5.92 Å². The lowest BCUT2D eigenvalue weighted by Crippen LogP contribution is -2.35. The quantitative estimate of drug-likeness (QED) is 0.227. The molecule has 0 amide bonds. The minimum Gasteiger partial charge on any atom is -0.502 e. The smallest absolute Gasteiger partial charge is 0.0873 e. The molecular formula is C21H42O2. The predicted octanol–water partition coefficient (Wildman–Crippen LogP) is 6.89. The Labute approximate surface area is 146 Å². The lowest BCUT2D eigenvalue weighted by molar-refractivity contribution is -0.0666. The fourth-order valence-corrected chi connectivity index (χ4v) is 3.07. The van der Waals surface area contributed by atoms with Gasteiger partial charge in [-0.25, -0.2) is 0 Å². The first-order chi connectivity index (χ1) is 11.1. The van der Waals surface area contributed by atoms with Crippen molar-refractivity contribution in [3.8, 4) is 0 Å². The summed E-state index contributed by atoms with van der Waals surface area (Å²) in [7, 11) is 0. The van der Waals surface area contributed by atoms with E-state index in [1.807, 2.05) is 13.0 Å². The van der Waals surface area contributed by atoms with Gasteiger partial charge in [-0.2, -0.15) is 0 Å². The van der Waals surface area contributed by atoms with E-state index in [-0.39, 0.29) is 5.60 Å². The molecule has 0 spiro atoms. The Kier molecular flexibility index (Phi) is 14.7. The Bertz CT molecular complexity index is 271. The van der Waals surface area contributed by atoms with Crippen LogP contribution in [0.1, 0.15) is 98.8 Å². The van der Waals surface area contributed by atoms with Gasteiger partial charge < -0.3 is 9.47 Å². The van der Waals surface area contributed by atoms with Crippen LogP contribution in [0.4, 0.5) is 0 Å². The fraction of sp³-hybridized carbons (Fsp3) is 0.905. The van der Waals surface area contributed by atoms with E-state index in [9.17, 15) is 0 Å². The van der Waals surface area contributed by atoms with Gasteiger partial charge in [-0.1, -0.05) is 58.4 Å². The van der Waals surface area contributed by atoms with E-state index in [1.165, 1.54) is 51.4 Å². The van der Waals surface area contributed by atoms with Crippen LogP contribution in [0.2, 0.25) is 0 Å². The zero-order chi connectivity index (χ0) is 17.4. The van der Waals surface area contributed by atoms with Gasteiger partial charge in [0.25, 0.3) is 0 Å². The second kappa shape index (κ2) is 15.1. The van der Waals surface area contributed by atoms with E-state index in [0.717, 1.165) is 26.1 Å². The van der Waals surface area contributed by atoms with Crippen molar-refractivity contribution >= 4 is 0 Å². The molecule has 0 aromatic carbocycles. The number of hydrogen-bond acceptors (Lipinski definition) is 2. The molecule has 0 aliphatic carbocycles. The summed E-state index contributed by atoms with van der Waals surface area (Å²) in [6, 6.07) is 0. The Morgan fingerprint density at radius 2 is 1.48 bits per heavy atom. The third kappa shape index (κ3) is 12.6. The Balaban J connectivity index is 4.19. The number of ether oxygens (including phenoxy) is 2. The molecule has 0 aliphatic heterocycles. The first-order valence-electron chi connectivity index (χ1n) is 9.95. The standard InChI is InChI=1S/C21H42O2/c1-6-9-10-11-12-13-15-20(16-14-19-22-17-7-2)21(4,5)23-18-8-3/h7,17,20H,6,8-16,18-19H2,1-5H3. The Morgan fingerprint density at radius 3 is 2.13 bits per heavy atom. The summed E-state index contributed by atoms with van der Waals surface area (Å²) in [6.07, 6.45) is 16.6. The van der Waals surface area contributed by atoms with E-state index in [0.29, 0.717) is 5.92 Å². The lowest BCUT2D eigenvalue weighted by atomic mass is 9.82. The van der Waals surface area contributed by atoms with Crippen molar-refractivity contribution in [2.45, 2.75) is 104 Å². The lowest BCUT2D eigenvalue weighted by Gasteiger charge is -2.35. The zero-order valence-electron chi connectivity index (χ0n) is 16.5. The Morgan fingerprint density at radius 1 is 0.826 bits per heavy atom. The largest absolute Gasteiger partial charge is 0.502 e.